The number of piperidine rings is 1. The zero-order valence-corrected chi connectivity index (χ0v) is 15.1. The number of benzene rings is 1. The number of amides is 2. The largest absolute Gasteiger partial charge is 0.337 e. The minimum atomic E-state index is -0.255. The van der Waals surface area contributed by atoms with Crippen LogP contribution in [0.15, 0.2) is 24.3 Å². The molecule has 1 fully saturated rings. The molecule has 1 saturated heterocycles. The summed E-state index contributed by atoms with van der Waals surface area (Å²) in [6.45, 7) is 10.7. The molecule has 0 saturated carbocycles. The lowest BCUT2D eigenvalue weighted by atomic mass is 10.0. The monoisotopic (exact) mass is 335 g/mol. The summed E-state index contributed by atoms with van der Waals surface area (Å²) in [4.78, 5) is 16.7. The van der Waals surface area contributed by atoms with Crippen molar-refractivity contribution in [3.05, 3.63) is 35.6 Å². The smallest absolute Gasteiger partial charge is 0.317 e. The predicted molar refractivity (Wildman–Crippen MR) is 95.4 cm³/mol. The highest BCUT2D eigenvalue weighted by atomic mass is 19.1. The summed E-state index contributed by atoms with van der Waals surface area (Å²) in [5, 5.41) is 3.03. The second kappa shape index (κ2) is 9.02. The Morgan fingerprint density at radius 2 is 2.12 bits per heavy atom. The molecule has 0 aliphatic carbocycles. The fraction of sp³-hybridized carbons (Fsp3) is 0.632. The van der Waals surface area contributed by atoms with Gasteiger partial charge in [0.1, 0.15) is 5.82 Å². The number of halogens is 1. The minimum Gasteiger partial charge on any atom is -0.337 e. The quantitative estimate of drug-likeness (QED) is 0.861. The fourth-order valence-corrected chi connectivity index (χ4v) is 3.43. The fourth-order valence-electron chi connectivity index (χ4n) is 3.43. The Kier molecular flexibility index (Phi) is 7.03. The normalized spacial score (nSPS) is 19.8. The number of urea groups is 1. The highest BCUT2D eigenvalue weighted by Gasteiger charge is 2.20. The van der Waals surface area contributed by atoms with Crippen LogP contribution >= 0.6 is 0 Å². The highest BCUT2D eigenvalue weighted by molar-refractivity contribution is 5.74. The average molecular weight is 335 g/mol. The first-order valence-corrected chi connectivity index (χ1v) is 9.03. The summed E-state index contributed by atoms with van der Waals surface area (Å²) in [7, 11) is 0. The molecule has 0 spiro atoms. The van der Waals surface area contributed by atoms with Gasteiger partial charge in [-0.25, -0.2) is 9.18 Å². The molecule has 0 radical (unpaired) electrons. The molecule has 0 bridgehead atoms. The molecule has 1 heterocycles. The van der Waals surface area contributed by atoms with Crippen molar-refractivity contribution < 1.29 is 9.18 Å². The number of carbonyl (C=O) groups excluding carboxylic acids is 1. The number of carbonyl (C=O) groups is 1. The third kappa shape index (κ3) is 5.20. The molecule has 2 atom stereocenters. The summed E-state index contributed by atoms with van der Waals surface area (Å²) in [5.41, 5.74) is 0.943. The van der Waals surface area contributed by atoms with E-state index in [9.17, 15) is 9.18 Å². The molecular formula is C19H30FN3O. The van der Waals surface area contributed by atoms with Gasteiger partial charge in [-0.3, -0.25) is 0 Å². The van der Waals surface area contributed by atoms with Crippen LogP contribution < -0.4 is 5.32 Å². The van der Waals surface area contributed by atoms with Gasteiger partial charge < -0.3 is 15.1 Å². The van der Waals surface area contributed by atoms with E-state index < -0.39 is 0 Å². The van der Waals surface area contributed by atoms with Crippen molar-refractivity contribution in [1.82, 2.24) is 15.1 Å². The molecule has 1 aliphatic heterocycles. The van der Waals surface area contributed by atoms with Gasteiger partial charge in [0, 0.05) is 26.2 Å². The first-order chi connectivity index (χ1) is 11.5. The van der Waals surface area contributed by atoms with E-state index in [4.69, 9.17) is 0 Å². The average Bonchev–Trinajstić information content (AvgIpc) is 2.56. The maximum Gasteiger partial charge on any atom is 0.317 e. The van der Waals surface area contributed by atoms with Crippen LogP contribution in [0.3, 0.4) is 0 Å². The van der Waals surface area contributed by atoms with Crippen molar-refractivity contribution in [2.45, 2.75) is 39.7 Å². The minimum absolute atomic E-state index is 0.0561. The van der Waals surface area contributed by atoms with E-state index in [0.29, 0.717) is 13.1 Å². The molecule has 4 nitrogen and oxygen atoms in total. The second-order valence-corrected chi connectivity index (χ2v) is 6.79. The third-order valence-corrected chi connectivity index (χ3v) is 4.87. The van der Waals surface area contributed by atoms with Crippen LogP contribution in [0.5, 0.6) is 0 Å². The number of nitrogens with zero attached hydrogens (tertiary/aromatic N) is 2. The van der Waals surface area contributed by atoms with Crippen LogP contribution in [-0.4, -0.2) is 48.6 Å². The molecule has 1 aliphatic rings. The SMILES string of the molecule is CCN(C(=O)NCCN1CCCC(C)C1)C(C)c1ccc(F)cc1. The van der Waals surface area contributed by atoms with Gasteiger partial charge in [-0.2, -0.15) is 0 Å². The summed E-state index contributed by atoms with van der Waals surface area (Å²) in [6.07, 6.45) is 2.56. The molecule has 5 heteroatoms. The third-order valence-electron chi connectivity index (χ3n) is 4.87. The Labute approximate surface area is 145 Å². The van der Waals surface area contributed by atoms with Crippen molar-refractivity contribution >= 4 is 6.03 Å². The van der Waals surface area contributed by atoms with E-state index in [0.717, 1.165) is 31.1 Å². The zero-order chi connectivity index (χ0) is 17.5. The molecule has 1 N–H and O–H groups in total. The van der Waals surface area contributed by atoms with Crippen LogP contribution in [-0.2, 0) is 0 Å². The Morgan fingerprint density at radius 1 is 1.42 bits per heavy atom. The molecule has 2 unspecified atom stereocenters. The van der Waals surface area contributed by atoms with E-state index >= 15 is 0 Å². The number of likely N-dealkylation sites (tertiary alicyclic amines) is 1. The first kappa shape index (κ1) is 18.7. The molecule has 1 aromatic carbocycles. The summed E-state index contributed by atoms with van der Waals surface area (Å²) < 4.78 is 13.1. The molecule has 2 rings (SSSR count). The van der Waals surface area contributed by atoms with Gasteiger partial charge in [-0.05, 0) is 56.8 Å². The lowest BCUT2D eigenvalue weighted by molar-refractivity contribution is 0.169. The summed E-state index contributed by atoms with van der Waals surface area (Å²) in [6, 6.07) is 6.23. The van der Waals surface area contributed by atoms with E-state index in [1.54, 1.807) is 17.0 Å². The van der Waals surface area contributed by atoms with Crippen molar-refractivity contribution in [3.63, 3.8) is 0 Å². The topological polar surface area (TPSA) is 35.6 Å². The maximum atomic E-state index is 13.1. The van der Waals surface area contributed by atoms with Crippen LogP contribution in [0.4, 0.5) is 9.18 Å². The zero-order valence-electron chi connectivity index (χ0n) is 15.1. The molecule has 134 valence electrons. The standard InChI is InChI=1S/C19H30FN3O/c1-4-23(16(3)17-7-9-18(20)10-8-17)19(24)21-11-13-22-12-5-6-15(2)14-22/h7-10,15-16H,4-6,11-14H2,1-3H3,(H,21,24). The van der Waals surface area contributed by atoms with Crippen molar-refractivity contribution in [2.75, 3.05) is 32.7 Å². The molecule has 1 aromatic rings. The van der Waals surface area contributed by atoms with Crippen molar-refractivity contribution in [3.8, 4) is 0 Å². The van der Waals surface area contributed by atoms with Crippen LogP contribution in [0.2, 0.25) is 0 Å². The van der Waals surface area contributed by atoms with Crippen LogP contribution in [0.25, 0.3) is 0 Å². The molecule has 24 heavy (non-hydrogen) atoms. The van der Waals surface area contributed by atoms with E-state index in [1.807, 2.05) is 13.8 Å². The molecule has 2 amide bonds. The molecule has 0 aromatic heterocycles. The maximum absolute atomic E-state index is 13.1. The molecular weight excluding hydrogens is 305 g/mol. The van der Waals surface area contributed by atoms with Crippen LogP contribution in [0.1, 0.15) is 45.2 Å². The first-order valence-electron chi connectivity index (χ1n) is 9.03. The van der Waals surface area contributed by atoms with E-state index in [2.05, 4.69) is 17.1 Å². The Balaban J connectivity index is 1.83. The van der Waals surface area contributed by atoms with Gasteiger partial charge in [0.15, 0.2) is 0 Å². The van der Waals surface area contributed by atoms with Gasteiger partial charge in [-0.15, -0.1) is 0 Å². The highest BCUT2D eigenvalue weighted by Crippen LogP contribution is 2.20. The lowest BCUT2D eigenvalue weighted by Gasteiger charge is -2.32. The number of hydrogen-bond donors (Lipinski definition) is 1. The van der Waals surface area contributed by atoms with E-state index in [1.165, 1.54) is 25.0 Å². The van der Waals surface area contributed by atoms with Gasteiger partial charge in [0.05, 0.1) is 6.04 Å². The second-order valence-electron chi connectivity index (χ2n) is 6.79. The number of nitrogens with one attached hydrogen (secondary N) is 1. The van der Waals surface area contributed by atoms with Crippen molar-refractivity contribution in [2.24, 2.45) is 5.92 Å². The number of hydrogen-bond acceptors (Lipinski definition) is 2. The summed E-state index contributed by atoms with van der Waals surface area (Å²) in [5.74, 6) is 0.495. The van der Waals surface area contributed by atoms with Crippen molar-refractivity contribution in [1.29, 1.82) is 0 Å². The lowest BCUT2D eigenvalue weighted by Crippen LogP contribution is -2.45. The van der Waals surface area contributed by atoms with Gasteiger partial charge in [0.2, 0.25) is 0 Å². The Morgan fingerprint density at radius 3 is 2.75 bits per heavy atom. The van der Waals surface area contributed by atoms with Gasteiger partial charge in [-0.1, -0.05) is 19.1 Å². The van der Waals surface area contributed by atoms with Gasteiger partial charge in [0.25, 0.3) is 0 Å². The van der Waals surface area contributed by atoms with E-state index in [-0.39, 0.29) is 17.9 Å². The van der Waals surface area contributed by atoms with Gasteiger partial charge >= 0.3 is 6.03 Å². The Hall–Kier alpha value is -1.62. The predicted octanol–water partition coefficient (Wildman–Crippen LogP) is 3.65. The number of rotatable bonds is 6. The summed E-state index contributed by atoms with van der Waals surface area (Å²) >= 11 is 0. The van der Waals surface area contributed by atoms with Crippen LogP contribution in [0, 0.1) is 11.7 Å². The Bertz CT molecular complexity index is 520.